The van der Waals surface area contributed by atoms with Crippen LogP contribution in [0.25, 0.3) is 0 Å². The molecular weight excluding hydrogens is 321 g/mol. The summed E-state index contributed by atoms with van der Waals surface area (Å²) in [5.74, 6) is 0.859. The molecule has 0 aromatic heterocycles. The Kier molecular flexibility index (Phi) is 6.39. The van der Waals surface area contributed by atoms with Crippen LogP contribution >= 0.6 is 0 Å². The van der Waals surface area contributed by atoms with Gasteiger partial charge in [0, 0.05) is 0 Å². The normalized spacial score (nSPS) is 13.2. The van der Waals surface area contributed by atoms with Gasteiger partial charge in [-0.1, -0.05) is 26.0 Å². The van der Waals surface area contributed by atoms with Gasteiger partial charge in [-0.3, -0.25) is 4.79 Å². The largest absolute Gasteiger partial charge is 0.497 e. The number of rotatable bonds is 7. The Bertz CT molecular complexity index is 683. The summed E-state index contributed by atoms with van der Waals surface area (Å²) in [6.07, 6.45) is -0.690. The van der Waals surface area contributed by atoms with Crippen LogP contribution in [0.2, 0.25) is 0 Å². The van der Waals surface area contributed by atoms with Gasteiger partial charge in [-0.05, 0) is 54.8 Å². The van der Waals surface area contributed by atoms with Crippen LogP contribution in [0, 0.1) is 11.7 Å². The third-order valence-electron chi connectivity index (χ3n) is 3.94. The van der Waals surface area contributed by atoms with Crippen molar-refractivity contribution < 1.29 is 18.7 Å². The van der Waals surface area contributed by atoms with Crippen molar-refractivity contribution in [3.8, 4) is 11.5 Å². The Morgan fingerprint density at radius 2 is 1.52 bits per heavy atom. The van der Waals surface area contributed by atoms with Crippen molar-refractivity contribution in [1.82, 2.24) is 5.32 Å². The number of ether oxygens (including phenoxy) is 2. The van der Waals surface area contributed by atoms with Crippen molar-refractivity contribution in [2.75, 3.05) is 7.11 Å². The van der Waals surface area contributed by atoms with Gasteiger partial charge in [-0.15, -0.1) is 0 Å². The summed E-state index contributed by atoms with van der Waals surface area (Å²) in [4.78, 5) is 12.5. The monoisotopic (exact) mass is 345 g/mol. The van der Waals surface area contributed by atoms with E-state index < -0.39 is 6.10 Å². The Labute approximate surface area is 148 Å². The third kappa shape index (κ3) is 5.21. The van der Waals surface area contributed by atoms with Crippen molar-refractivity contribution in [2.24, 2.45) is 5.92 Å². The summed E-state index contributed by atoms with van der Waals surface area (Å²) in [5, 5.41) is 3.02. The van der Waals surface area contributed by atoms with Crippen molar-refractivity contribution in [3.05, 3.63) is 59.9 Å². The van der Waals surface area contributed by atoms with Crippen LogP contribution in [0.5, 0.6) is 11.5 Å². The number of benzene rings is 2. The van der Waals surface area contributed by atoms with E-state index in [-0.39, 0.29) is 23.7 Å². The first kappa shape index (κ1) is 18.8. The lowest BCUT2D eigenvalue weighted by atomic mass is 9.95. The molecule has 0 bridgehead atoms. The molecule has 2 aromatic carbocycles. The molecule has 0 aliphatic rings. The summed E-state index contributed by atoms with van der Waals surface area (Å²) in [6.45, 7) is 5.76. The number of halogens is 1. The number of hydrogen-bond acceptors (Lipinski definition) is 3. The fraction of sp³-hybridized carbons (Fsp3) is 0.350. The van der Waals surface area contributed by atoms with E-state index in [2.05, 4.69) is 5.32 Å². The molecule has 2 rings (SSSR count). The maximum Gasteiger partial charge on any atom is 0.261 e. The molecule has 5 heteroatoms. The van der Waals surface area contributed by atoms with E-state index in [1.165, 1.54) is 24.3 Å². The van der Waals surface area contributed by atoms with Crippen LogP contribution < -0.4 is 14.8 Å². The summed E-state index contributed by atoms with van der Waals surface area (Å²) < 4.78 is 23.7. The molecule has 0 fully saturated rings. The van der Waals surface area contributed by atoms with Crippen molar-refractivity contribution in [3.63, 3.8) is 0 Å². The lowest BCUT2D eigenvalue weighted by Crippen LogP contribution is -2.40. The van der Waals surface area contributed by atoms with Gasteiger partial charge in [0.1, 0.15) is 17.3 Å². The van der Waals surface area contributed by atoms with E-state index in [0.717, 1.165) is 11.3 Å². The predicted octanol–water partition coefficient (Wildman–Crippen LogP) is 4.12. The van der Waals surface area contributed by atoms with E-state index in [4.69, 9.17) is 9.47 Å². The Morgan fingerprint density at radius 3 is 2.04 bits per heavy atom. The molecule has 1 N–H and O–H groups in total. The first-order valence-electron chi connectivity index (χ1n) is 8.27. The zero-order valence-corrected chi connectivity index (χ0v) is 15.0. The first-order chi connectivity index (χ1) is 11.9. The molecule has 134 valence electrons. The quantitative estimate of drug-likeness (QED) is 0.821. The SMILES string of the molecule is COc1ccc([C@@H](NC(=O)[C@@H](C)Oc2ccc(F)cc2)C(C)C)cc1. The molecule has 0 spiro atoms. The molecule has 2 atom stereocenters. The Morgan fingerprint density at radius 1 is 0.960 bits per heavy atom. The van der Waals surface area contributed by atoms with E-state index in [0.29, 0.717) is 5.75 Å². The molecule has 0 aliphatic heterocycles. The molecule has 0 unspecified atom stereocenters. The average molecular weight is 345 g/mol. The van der Waals surface area contributed by atoms with E-state index in [1.54, 1.807) is 14.0 Å². The number of methoxy groups -OCH3 is 1. The molecule has 0 radical (unpaired) electrons. The molecule has 0 saturated heterocycles. The van der Waals surface area contributed by atoms with Crippen LogP contribution in [0.4, 0.5) is 4.39 Å². The highest BCUT2D eigenvalue weighted by molar-refractivity contribution is 5.81. The fourth-order valence-corrected chi connectivity index (χ4v) is 2.49. The second-order valence-corrected chi connectivity index (χ2v) is 6.22. The highest BCUT2D eigenvalue weighted by Crippen LogP contribution is 2.24. The van der Waals surface area contributed by atoms with E-state index in [9.17, 15) is 9.18 Å². The Balaban J connectivity index is 2.04. The van der Waals surface area contributed by atoms with Crippen LogP contribution in [0.1, 0.15) is 32.4 Å². The molecule has 0 heterocycles. The summed E-state index contributed by atoms with van der Waals surface area (Å²) in [7, 11) is 1.62. The molecule has 2 aromatic rings. The smallest absolute Gasteiger partial charge is 0.261 e. The summed E-state index contributed by atoms with van der Waals surface area (Å²) in [6, 6.07) is 13.1. The van der Waals surface area contributed by atoms with Crippen molar-refractivity contribution in [1.29, 1.82) is 0 Å². The van der Waals surface area contributed by atoms with E-state index in [1.807, 2.05) is 38.1 Å². The van der Waals surface area contributed by atoms with Gasteiger partial charge >= 0.3 is 0 Å². The topological polar surface area (TPSA) is 47.6 Å². The zero-order valence-electron chi connectivity index (χ0n) is 15.0. The minimum atomic E-state index is -0.690. The van der Waals surface area contributed by atoms with Gasteiger partial charge in [-0.25, -0.2) is 4.39 Å². The average Bonchev–Trinajstić information content (AvgIpc) is 2.61. The number of nitrogens with one attached hydrogen (secondary N) is 1. The molecule has 0 aliphatic carbocycles. The maximum absolute atomic E-state index is 12.9. The second-order valence-electron chi connectivity index (χ2n) is 6.22. The molecule has 0 saturated carbocycles. The van der Waals surface area contributed by atoms with Crippen LogP contribution in [0.3, 0.4) is 0 Å². The van der Waals surface area contributed by atoms with Crippen LogP contribution in [0.15, 0.2) is 48.5 Å². The standard InChI is InChI=1S/C20H24FNO3/c1-13(2)19(15-5-9-17(24-4)10-6-15)22-20(23)14(3)25-18-11-7-16(21)8-12-18/h5-14,19H,1-4H3,(H,22,23)/t14-,19+/m1/s1. The summed E-state index contributed by atoms with van der Waals surface area (Å²) in [5.41, 5.74) is 0.998. The van der Waals surface area contributed by atoms with Crippen LogP contribution in [-0.2, 0) is 4.79 Å². The van der Waals surface area contributed by atoms with Gasteiger partial charge < -0.3 is 14.8 Å². The highest BCUT2D eigenvalue weighted by Gasteiger charge is 2.22. The number of hydrogen-bond donors (Lipinski definition) is 1. The minimum absolute atomic E-state index is 0.141. The van der Waals surface area contributed by atoms with E-state index >= 15 is 0 Å². The van der Waals surface area contributed by atoms with Crippen molar-refractivity contribution >= 4 is 5.91 Å². The van der Waals surface area contributed by atoms with Gasteiger partial charge in [0.25, 0.3) is 5.91 Å². The fourth-order valence-electron chi connectivity index (χ4n) is 2.49. The second kappa shape index (κ2) is 8.51. The van der Waals surface area contributed by atoms with Gasteiger partial charge in [-0.2, -0.15) is 0 Å². The van der Waals surface area contributed by atoms with Crippen LogP contribution in [-0.4, -0.2) is 19.1 Å². The molecular formula is C20H24FNO3. The first-order valence-corrected chi connectivity index (χ1v) is 8.27. The van der Waals surface area contributed by atoms with Crippen molar-refractivity contribution in [2.45, 2.75) is 32.9 Å². The van der Waals surface area contributed by atoms with Gasteiger partial charge in [0.2, 0.25) is 0 Å². The van der Waals surface area contributed by atoms with Gasteiger partial charge in [0.05, 0.1) is 13.2 Å². The number of carbonyl (C=O) groups is 1. The maximum atomic E-state index is 12.9. The number of amides is 1. The zero-order chi connectivity index (χ0) is 18.4. The van der Waals surface area contributed by atoms with Gasteiger partial charge in [0.15, 0.2) is 6.10 Å². The molecule has 1 amide bonds. The lowest BCUT2D eigenvalue weighted by Gasteiger charge is -2.25. The summed E-state index contributed by atoms with van der Waals surface area (Å²) >= 11 is 0. The molecule has 4 nitrogen and oxygen atoms in total. The number of carbonyl (C=O) groups excluding carboxylic acids is 1. The minimum Gasteiger partial charge on any atom is -0.497 e. The Hall–Kier alpha value is -2.56. The predicted molar refractivity (Wildman–Crippen MR) is 95.2 cm³/mol. The highest BCUT2D eigenvalue weighted by atomic mass is 19.1. The molecule has 25 heavy (non-hydrogen) atoms. The lowest BCUT2D eigenvalue weighted by molar-refractivity contribution is -0.128. The third-order valence-corrected chi connectivity index (χ3v) is 3.94.